The second-order valence-corrected chi connectivity index (χ2v) is 17.8. The first-order chi connectivity index (χ1) is 27.0. The Morgan fingerprint density at radius 2 is 1.20 bits per heavy atom. The number of phosphoric acid groups is 1. The van der Waals surface area contributed by atoms with Crippen molar-refractivity contribution in [2.75, 3.05) is 47.5 Å². The maximum atomic E-state index is 12.5. The molecule has 0 saturated carbocycles. The Kier molecular flexibility index (Phi) is 37.6. The van der Waals surface area contributed by atoms with E-state index < -0.39 is 26.0 Å². The quantitative estimate of drug-likeness (QED) is 0.0119. The van der Waals surface area contributed by atoms with Crippen molar-refractivity contribution >= 4 is 13.8 Å². The summed E-state index contributed by atoms with van der Waals surface area (Å²) in [7, 11) is 1.57. The number of rotatable bonds is 41. The van der Waals surface area contributed by atoms with Crippen molar-refractivity contribution in [2.45, 2.75) is 193 Å². The molecular formula is C46H87NO8P+. The van der Waals surface area contributed by atoms with E-state index in [0.717, 1.165) is 25.7 Å². The number of allylic oxidation sites excluding steroid dienone is 6. The first-order valence-electron chi connectivity index (χ1n) is 22.5. The van der Waals surface area contributed by atoms with E-state index in [4.69, 9.17) is 18.5 Å². The Bertz CT molecular complexity index is 1050. The number of unbranched alkanes of at least 4 members (excludes halogenated alkanes) is 20. The van der Waals surface area contributed by atoms with Crippen LogP contribution in [0.4, 0.5) is 0 Å². The molecule has 10 heteroatoms. The van der Waals surface area contributed by atoms with Gasteiger partial charge in [-0.2, -0.15) is 0 Å². The van der Waals surface area contributed by atoms with Gasteiger partial charge in [0, 0.05) is 6.42 Å². The Labute approximate surface area is 344 Å². The Hall–Kier alpha value is -1.74. The standard InChI is InChI=1S/C46H86NO8P/c1-6-8-10-12-14-16-18-20-21-22-24-26-28-30-32-34-40-52-45(43-55-56(50,51)54-41-39-47(3,4)5)42-53-46(49)38-35-37-44(48)36-33-31-29-27-25-23-19-17-15-13-11-9-7-2/h23,25,29,31,33-34,36,40,44-45,48H,6-22,24,26-28,30,32,35,37-39,41-43H2,1-5H3/p+1/b25-23+,31-29+,36-33+,40-34+/t44?,45-/m1/s1. The van der Waals surface area contributed by atoms with Gasteiger partial charge in [0.15, 0.2) is 6.10 Å². The summed E-state index contributed by atoms with van der Waals surface area (Å²) >= 11 is 0. The normalized spacial score (nSPS) is 14.7. The fraction of sp³-hybridized carbons (Fsp3) is 0.804. The molecule has 0 rings (SSSR count). The van der Waals surface area contributed by atoms with Crippen molar-refractivity contribution in [3.63, 3.8) is 0 Å². The molecule has 0 aliphatic heterocycles. The van der Waals surface area contributed by atoms with E-state index >= 15 is 0 Å². The van der Waals surface area contributed by atoms with Gasteiger partial charge in [0.2, 0.25) is 0 Å². The molecule has 56 heavy (non-hydrogen) atoms. The lowest BCUT2D eigenvalue weighted by Gasteiger charge is -2.24. The van der Waals surface area contributed by atoms with E-state index in [0.29, 0.717) is 23.9 Å². The molecule has 0 aromatic rings. The largest absolute Gasteiger partial charge is 0.492 e. The van der Waals surface area contributed by atoms with Crippen molar-refractivity contribution in [2.24, 2.45) is 0 Å². The summed E-state index contributed by atoms with van der Waals surface area (Å²) in [6.45, 7) is 4.69. The maximum absolute atomic E-state index is 12.5. The van der Waals surface area contributed by atoms with Gasteiger partial charge >= 0.3 is 13.8 Å². The fourth-order valence-corrected chi connectivity index (χ4v) is 6.70. The number of likely N-dealkylation sites (N-methyl/N-ethyl adjacent to an activating group) is 1. The summed E-state index contributed by atoms with van der Waals surface area (Å²) in [4.78, 5) is 22.7. The molecule has 0 spiro atoms. The molecule has 0 saturated heterocycles. The maximum Gasteiger partial charge on any atom is 0.472 e. The van der Waals surface area contributed by atoms with Crippen LogP contribution in [0.15, 0.2) is 48.8 Å². The van der Waals surface area contributed by atoms with Gasteiger partial charge in [0.1, 0.15) is 19.8 Å². The number of aliphatic hydroxyl groups excluding tert-OH is 1. The highest BCUT2D eigenvalue weighted by atomic mass is 31.2. The minimum absolute atomic E-state index is 0.0604. The molecule has 0 bridgehead atoms. The second-order valence-electron chi connectivity index (χ2n) is 16.3. The number of ether oxygens (including phenoxy) is 2. The molecule has 0 fully saturated rings. The van der Waals surface area contributed by atoms with Crippen LogP contribution in [0.3, 0.4) is 0 Å². The van der Waals surface area contributed by atoms with Crippen LogP contribution in [0.2, 0.25) is 0 Å². The van der Waals surface area contributed by atoms with Gasteiger partial charge in [-0.3, -0.25) is 13.8 Å². The molecule has 0 aromatic heterocycles. The van der Waals surface area contributed by atoms with Crippen LogP contribution in [0.25, 0.3) is 0 Å². The summed E-state index contributed by atoms with van der Waals surface area (Å²) in [5.41, 5.74) is 0. The van der Waals surface area contributed by atoms with Gasteiger partial charge in [-0.05, 0) is 51.0 Å². The number of carbonyl (C=O) groups is 1. The molecule has 9 nitrogen and oxygen atoms in total. The monoisotopic (exact) mass is 813 g/mol. The van der Waals surface area contributed by atoms with Crippen molar-refractivity contribution in [1.82, 2.24) is 0 Å². The van der Waals surface area contributed by atoms with Gasteiger partial charge < -0.3 is 24.0 Å². The van der Waals surface area contributed by atoms with Crippen LogP contribution >= 0.6 is 7.82 Å². The third kappa shape index (κ3) is 41.9. The minimum atomic E-state index is -4.31. The zero-order valence-corrected chi connectivity index (χ0v) is 37.6. The molecule has 2 unspecified atom stereocenters. The lowest BCUT2D eigenvalue weighted by atomic mass is 10.0. The first kappa shape index (κ1) is 54.3. The number of quaternary nitrogens is 1. The highest BCUT2D eigenvalue weighted by Crippen LogP contribution is 2.43. The van der Waals surface area contributed by atoms with Gasteiger partial charge in [0.25, 0.3) is 0 Å². The summed E-state index contributed by atoms with van der Waals surface area (Å²) < 4.78 is 34.6. The zero-order valence-electron chi connectivity index (χ0n) is 36.7. The molecule has 0 heterocycles. The van der Waals surface area contributed by atoms with Gasteiger partial charge in [-0.1, -0.05) is 166 Å². The molecule has 0 aromatic carbocycles. The summed E-state index contributed by atoms with van der Waals surface area (Å²) in [6, 6.07) is 0. The second kappa shape index (κ2) is 38.8. The predicted molar refractivity (Wildman–Crippen MR) is 234 cm³/mol. The lowest BCUT2D eigenvalue weighted by Crippen LogP contribution is -2.37. The van der Waals surface area contributed by atoms with E-state index in [2.05, 4.69) is 32.1 Å². The van der Waals surface area contributed by atoms with Gasteiger partial charge in [0.05, 0.1) is 40.1 Å². The SMILES string of the molecule is CCCCCCCC/C=C/C/C=C/C=C/C(O)CCCC(=O)OC[C@H](COP(=O)(O)OCC[N+](C)(C)C)O/C=C/CCCCCCCCCCCCCCCC. The average molecular weight is 813 g/mol. The van der Waals surface area contributed by atoms with Crippen molar-refractivity contribution in [3.05, 3.63) is 48.8 Å². The number of carbonyl (C=O) groups excluding carboxylic acids is 1. The summed E-state index contributed by atoms with van der Waals surface area (Å²) in [5, 5.41) is 10.3. The molecule has 0 aliphatic carbocycles. The van der Waals surface area contributed by atoms with Crippen LogP contribution in [-0.2, 0) is 27.9 Å². The Morgan fingerprint density at radius 1 is 0.661 bits per heavy atom. The smallest absolute Gasteiger partial charge is 0.472 e. The van der Waals surface area contributed by atoms with E-state index in [-0.39, 0.29) is 26.2 Å². The third-order valence-corrected chi connectivity index (χ3v) is 10.6. The molecule has 0 radical (unpaired) electrons. The number of nitrogens with zero attached hydrogens (tertiary/aromatic N) is 1. The number of phosphoric ester groups is 1. The average Bonchev–Trinajstić information content (AvgIpc) is 3.14. The lowest BCUT2D eigenvalue weighted by molar-refractivity contribution is -0.870. The number of aliphatic hydroxyl groups is 1. The van der Waals surface area contributed by atoms with Crippen LogP contribution < -0.4 is 0 Å². The third-order valence-electron chi connectivity index (χ3n) is 9.59. The predicted octanol–water partition coefficient (Wildman–Crippen LogP) is 12.5. The summed E-state index contributed by atoms with van der Waals surface area (Å²) in [6.07, 6.45) is 44.2. The van der Waals surface area contributed by atoms with E-state index in [1.165, 1.54) is 122 Å². The fourth-order valence-electron chi connectivity index (χ4n) is 5.96. The van der Waals surface area contributed by atoms with Crippen molar-refractivity contribution in [3.8, 4) is 0 Å². The van der Waals surface area contributed by atoms with Gasteiger partial charge in [-0.25, -0.2) is 4.57 Å². The molecular weight excluding hydrogens is 725 g/mol. The van der Waals surface area contributed by atoms with Crippen molar-refractivity contribution in [1.29, 1.82) is 0 Å². The number of esters is 1. The van der Waals surface area contributed by atoms with Crippen LogP contribution in [0.5, 0.6) is 0 Å². The summed E-state index contributed by atoms with van der Waals surface area (Å²) in [5.74, 6) is -0.430. The van der Waals surface area contributed by atoms with E-state index in [1.54, 1.807) is 12.3 Å². The van der Waals surface area contributed by atoms with Crippen LogP contribution in [0.1, 0.15) is 181 Å². The highest BCUT2D eigenvalue weighted by molar-refractivity contribution is 7.47. The van der Waals surface area contributed by atoms with E-state index in [1.807, 2.05) is 39.4 Å². The molecule has 0 amide bonds. The molecule has 2 N–H and O–H groups in total. The number of hydrogen-bond donors (Lipinski definition) is 2. The highest BCUT2D eigenvalue weighted by Gasteiger charge is 2.25. The Balaban J connectivity index is 4.45. The van der Waals surface area contributed by atoms with E-state index in [9.17, 15) is 19.4 Å². The molecule has 3 atom stereocenters. The number of hydrogen-bond acceptors (Lipinski definition) is 7. The Morgan fingerprint density at radius 3 is 1.75 bits per heavy atom. The first-order valence-corrected chi connectivity index (χ1v) is 24.0. The molecule has 328 valence electrons. The van der Waals surface area contributed by atoms with Crippen LogP contribution in [-0.4, -0.2) is 80.2 Å². The zero-order chi connectivity index (χ0) is 41.4. The topological polar surface area (TPSA) is 112 Å². The minimum Gasteiger partial charge on any atom is -0.492 e. The van der Waals surface area contributed by atoms with Crippen molar-refractivity contribution < 1.29 is 42.4 Å². The van der Waals surface area contributed by atoms with Gasteiger partial charge in [-0.15, -0.1) is 0 Å². The van der Waals surface area contributed by atoms with Crippen LogP contribution in [0, 0.1) is 0 Å². The molecule has 0 aliphatic rings.